The fourth-order valence-corrected chi connectivity index (χ4v) is 2.42. The van der Waals surface area contributed by atoms with Crippen molar-refractivity contribution in [2.45, 2.75) is 39.7 Å². The third-order valence-corrected chi connectivity index (χ3v) is 3.71. The topological polar surface area (TPSA) is 58.1 Å². The van der Waals surface area contributed by atoms with E-state index in [1.165, 1.54) is 0 Å². The van der Waals surface area contributed by atoms with Crippen LogP contribution in [0.5, 0.6) is 0 Å². The zero-order chi connectivity index (χ0) is 14.0. The lowest BCUT2D eigenvalue weighted by atomic mass is 10.2. The second kappa shape index (κ2) is 5.74. The van der Waals surface area contributed by atoms with Crippen molar-refractivity contribution in [3.8, 4) is 0 Å². The molecule has 1 aromatic rings. The molecule has 1 unspecified atom stereocenters. The second-order valence-electron chi connectivity index (χ2n) is 4.93. The Bertz CT molecular complexity index is 486. The van der Waals surface area contributed by atoms with Crippen LogP contribution in [-0.4, -0.2) is 39.9 Å². The first-order valence-electron chi connectivity index (χ1n) is 6.55. The van der Waals surface area contributed by atoms with E-state index in [0.717, 1.165) is 31.5 Å². The largest absolute Gasteiger partial charge is 0.358 e. The highest BCUT2D eigenvalue weighted by atomic mass is 35.5. The number of anilines is 1. The number of aromatic nitrogens is 2. The van der Waals surface area contributed by atoms with Gasteiger partial charge in [0.25, 0.3) is 0 Å². The van der Waals surface area contributed by atoms with Gasteiger partial charge >= 0.3 is 0 Å². The third kappa shape index (κ3) is 3.15. The number of carbonyl (C=O) groups excluding carboxylic acids is 1. The van der Waals surface area contributed by atoms with Crippen LogP contribution in [0.1, 0.15) is 31.2 Å². The van der Waals surface area contributed by atoms with E-state index in [4.69, 9.17) is 11.6 Å². The first kappa shape index (κ1) is 14.1. The van der Waals surface area contributed by atoms with Crippen molar-refractivity contribution in [1.29, 1.82) is 0 Å². The molecule has 0 aromatic carbocycles. The number of rotatable bonds is 3. The van der Waals surface area contributed by atoms with Crippen LogP contribution in [0.4, 0.5) is 5.82 Å². The fourth-order valence-electron chi connectivity index (χ4n) is 2.21. The minimum atomic E-state index is -0.304. The Hall–Kier alpha value is -1.36. The molecule has 0 spiro atoms. The number of aryl methyl sites for hydroxylation is 1. The van der Waals surface area contributed by atoms with Crippen LogP contribution in [-0.2, 0) is 4.79 Å². The standard InChI is InChI=1S/C13H19ClN4O/c1-8-11(14)16-10(3)17-12(8)15-9(2)13(19)18-6-4-5-7-18/h9H,4-7H2,1-3H3,(H,15,16,17). The van der Waals surface area contributed by atoms with Crippen molar-refractivity contribution in [1.82, 2.24) is 14.9 Å². The molecule has 2 rings (SSSR count). The molecule has 1 saturated heterocycles. The van der Waals surface area contributed by atoms with Gasteiger partial charge in [-0.15, -0.1) is 0 Å². The van der Waals surface area contributed by atoms with E-state index < -0.39 is 0 Å². The summed E-state index contributed by atoms with van der Waals surface area (Å²) in [7, 11) is 0. The van der Waals surface area contributed by atoms with Gasteiger partial charge in [0.15, 0.2) is 0 Å². The van der Waals surface area contributed by atoms with Gasteiger partial charge in [0.05, 0.1) is 0 Å². The molecule has 5 nitrogen and oxygen atoms in total. The number of nitrogens with zero attached hydrogens (tertiary/aromatic N) is 3. The second-order valence-corrected chi connectivity index (χ2v) is 5.29. The van der Waals surface area contributed by atoms with Crippen molar-refractivity contribution in [2.24, 2.45) is 0 Å². The number of carbonyl (C=O) groups is 1. The molecule has 2 heterocycles. The summed E-state index contributed by atoms with van der Waals surface area (Å²) in [4.78, 5) is 22.5. The van der Waals surface area contributed by atoms with Crippen LogP contribution >= 0.6 is 11.6 Å². The Balaban J connectivity index is 2.10. The number of likely N-dealkylation sites (tertiary alicyclic amines) is 1. The number of halogens is 1. The van der Waals surface area contributed by atoms with E-state index >= 15 is 0 Å². The van der Waals surface area contributed by atoms with Crippen LogP contribution in [0.25, 0.3) is 0 Å². The molecule has 1 atom stereocenters. The van der Waals surface area contributed by atoms with Gasteiger partial charge in [0.2, 0.25) is 5.91 Å². The van der Waals surface area contributed by atoms with Crippen molar-refractivity contribution >= 4 is 23.3 Å². The molecule has 1 aliphatic rings. The van der Waals surface area contributed by atoms with Crippen LogP contribution < -0.4 is 5.32 Å². The molecule has 19 heavy (non-hydrogen) atoms. The monoisotopic (exact) mass is 282 g/mol. The summed E-state index contributed by atoms with van der Waals surface area (Å²) in [6.45, 7) is 7.19. The zero-order valence-electron chi connectivity index (χ0n) is 11.5. The normalized spacial score (nSPS) is 16.5. The molecule has 6 heteroatoms. The molecule has 0 radical (unpaired) electrons. The average Bonchev–Trinajstić information content (AvgIpc) is 2.88. The van der Waals surface area contributed by atoms with Crippen LogP contribution in [0, 0.1) is 13.8 Å². The fraction of sp³-hybridized carbons (Fsp3) is 0.615. The molecule has 1 fully saturated rings. The highest BCUT2D eigenvalue weighted by Crippen LogP contribution is 2.21. The van der Waals surface area contributed by atoms with E-state index in [0.29, 0.717) is 16.8 Å². The Morgan fingerprint density at radius 3 is 2.58 bits per heavy atom. The molecule has 1 amide bonds. The summed E-state index contributed by atoms with van der Waals surface area (Å²) in [5.41, 5.74) is 0.772. The van der Waals surface area contributed by atoms with Crippen LogP contribution in [0.2, 0.25) is 5.15 Å². The maximum atomic E-state index is 12.2. The lowest BCUT2D eigenvalue weighted by Gasteiger charge is -2.22. The van der Waals surface area contributed by atoms with Gasteiger partial charge in [-0.3, -0.25) is 4.79 Å². The Labute approximate surface area is 118 Å². The van der Waals surface area contributed by atoms with E-state index in [-0.39, 0.29) is 11.9 Å². The first-order chi connectivity index (χ1) is 8.99. The maximum Gasteiger partial charge on any atom is 0.244 e. The Morgan fingerprint density at radius 1 is 1.32 bits per heavy atom. The number of amides is 1. The van der Waals surface area contributed by atoms with E-state index in [1.54, 1.807) is 6.92 Å². The molecular formula is C13H19ClN4O. The number of nitrogens with one attached hydrogen (secondary N) is 1. The number of hydrogen-bond acceptors (Lipinski definition) is 4. The van der Waals surface area contributed by atoms with E-state index in [1.807, 2.05) is 18.7 Å². The Morgan fingerprint density at radius 2 is 1.95 bits per heavy atom. The zero-order valence-corrected chi connectivity index (χ0v) is 12.3. The first-order valence-corrected chi connectivity index (χ1v) is 6.93. The molecule has 104 valence electrons. The van der Waals surface area contributed by atoms with Gasteiger partial charge in [-0.2, -0.15) is 0 Å². The third-order valence-electron chi connectivity index (χ3n) is 3.34. The molecule has 1 N–H and O–H groups in total. The summed E-state index contributed by atoms with van der Waals surface area (Å²) >= 11 is 6.02. The predicted octanol–water partition coefficient (Wildman–Crippen LogP) is 2.17. The van der Waals surface area contributed by atoms with Crippen molar-refractivity contribution in [3.05, 3.63) is 16.5 Å². The molecule has 0 saturated carbocycles. The number of hydrogen-bond donors (Lipinski definition) is 1. The molecule has 1 aromatic heterocycles. The minimum absolute atomic E-state index is 0.115. The van der Waals surface area contributed by atoms with Gasteiger partial charge in [-0.25, -0.2) is 9.97 Å². The van der Waals surface area contributed by atoms with Crippen molar-refractivity contribution in [2.75, 3.05) is 18.4 Å². The van der Waals surface area contributed by atoms with Gasteiger partial charge in [0, 0.05) is 18.7 Å². The summed E-state index contributed by atoms with van der Waals surface area (Å²) in [5, 5.41) is 3.57. The van der Waals surface area contributed by atoms with Crippen molar-refractivity contribution < 1.29 is 4.79 Å². The maximum absolute atomic E-state index is 12.2. The smallest absolute Gasteiger partial charge is 0.244 e. The van der Waals surface area contributed by atoms with Crippen LogP contribution in [0.3, 0.4) is 0 Å². The molecule has 1 aliphatic heterocycles. The van der Waals surface area contributed by atoms with Gasteiger partial charge in [-0.05, 0) is 33.6 Å². The summed E-state index contributed by atoms with van der Waals surface area (Å²) in [6.07, 6.45) is 2.19. The summed E-state index contributed by atoms with van der Waals surface area (Å²) in [6, 6.07) is -0.304. The quantitative estimate of drug-likeness (QED) is 0.863. The lowest BCUT2D eigenvalue weighted by Crippen LogP contribution is -2.40. The lowest BCUT2D eigenvalue weighted by molar-refractivity contribution is -0.130. The molecular weight excluding hydrogens is 264 g/mol. The van der Waals surface area contributed by atoms with E-state index in [2.05, 4.69) is 15.3 Å². The van der Waals surface area contributed by atoms with Gasteiger partial charge < -0.3 is 10.2 Å². The molecule has 0 aliphatic carbocycles. The van der Waals surface area contributed by atoms with E-state index in [9.17, 15) is 4.79 Å². The highest BCUT2D eigenvalue weighted by molar-refractivity contribution is 6.30. The minimum Gasteiger partial charge on any atom is -0.358 e. The summed E-state index contributed by atoms with van der Waals surface area (Å²) in [5.74, 6) is 1.35. The highest BCUT2D eigenvalue weighted by Gasteiger charge is 2.24. The van der Waals surface area contributed by atoms with Gasteiger partial charge in [0.1, 0.15) is 22.8 Å². The van der Waals surface area contributed by atoms with Crippen LogP contribution in [0.15, 0.2) is 0 Å². The average molecular weight is 283 g/mol. The van der Waals surface area contributed by atoms with Gasteiger partial charge in [-0.1, -0.05) is 11.6 Å². The predicted molar refractivity (Wildman–Crippen MR) is 75.4 cm³/mol. The van der Waals surface area contributed by atoms with Crippen molar-refractivity contribution in [3.63, 3.8) is 0 Å². The SMILES string of the molecule is Cc1nc(Cl)c(C)c(NC(C)C(=O)N2CCCC2)n1. The molecule has 0 bridgehead atoms. The summed E-state index contributed by atoms with van der Waals surface area (Å²) < 4.78 is 0. The Kier molecular flexibility index (Phi) is 4.24.